The minimum absolute atomic E-state index is 0.0246. The predicted octanol–water partition coefficient (Wildman–Crippen LogP) is 4.16. The van der Waals surface area contributed by atoms with Crippen molar-refractivity contribution < 1.29 is 5.11 Å². The normalized spacial score (nSPS) is 19.4. The molecular weight excluding hydrogens is 252 g/mol. The first-order valence-electron chi connectivity index (χ1n) is 7.06. The Morgan fingerprint density at radius 3 is 2.47 bits per heavy atom. The molecule has 0 amide bonds. The topological polar surface area (TPSA) is 20.2 Å². The maximum atomic E-state index is 10.8. The molecular formula is C17H20OS. The first-order valence-corrected chi connectivity index (χ1v) is 8.00. The van der Waals surface area contributed by atoms with E-state index in [1.165, 1.54) is 24.0 Å². The van der Waals surface area contributed by atoms with Crippen LogP contribution in [0.3, 0.4) is 0 Å². The molecule has 2 aromatic rings. The highest BCUT2D eigenvalue weighted by Gasteiger charge is 2.41. The summed E-state index contributed by atoms with van der Waals surface area (Å²) in [5.74, 6) is 0. The maximum Gasteiger partial charge on any atom is 0.0677 e. The first kappa shape index (κ1) is 12.9. The Morgan fingerprint density at radius 1 is 1.11 bits per heavy atom. The van der Waals surface area contributed by atoms with Crippen molar-refractivity contribution in [2.24, 2.45) is 0 Å². The molecule has 1 nitrogen and oxygen atoms in total. The fourth-order valence-electron chi connectivity index (χ4n) is 3.42. The zero-order chi connectivity index (χ0) is 13.1. The van der Waals surface area contributed by atoms with Gasteiger partial charge in [-0.3, -0.25) is 0 Å². The molecule has 1 saturated carbocycles. The van der Waals surface area contributed by atoms with E-state index in [1.54, 1.807) is 11.3 Å². The second kappa shape index (κ2) is 5.48. The van der Waals surface area contributed by atoms with Crippen LogP contribution in [0.5, 0.6) is 0 Å². The number of aliphatic hydroxyl groups excluding tert-OH is 1. The average Bonchev–Trinajstić information content (AvgIpc) is 3.11. The molecule has 19 heavy (non-hydrogen) atoms. The van der Waals surface area contributed by atoms with E-state index in [2.05, 4.69) is 47.2 Å². The second-order valence-corrected chi connectivity index (χ2v) is 6.36. The van der Waals surface area contributed by atoms with Gasteiger partial charge < -0.3 is 5.11 Å². The highest BCUT2D eigenvalue weighted by molar-refractivity contribution is 7.07. The van der Waals surface area contributed by atoms with E-state index < -0.39 is 0 Å². The average molecular weight is 272 g/mol. The van der Waals surface area contributed by atoms with E-state index in [0.717, 1.165) is 19.3 Å². The third-order valence-corrected chi connectivity index (χ3v) is 5.22. The van der Waals surface area contributed by atoms with Gasteiger partial charge in [0.25, 0.3) is 0 Å². The van der Waals surface area contributed by atoms with Crippen LogP contribution >= 0.6 is 11.3 Å². The molecule has 1 atom stereocenters. The minimum atomic E-state index is -0.271. The summed E-state index contributed by atoms with van der Waals surface area (Å²) in [5, 5.41) is 15.1. The van der Waals surface area contributed by atoms with E-state index in [4.69, 9.17) is 0 Å². The highest BCUT2D eigenvalue weighted by atomic mass is 32.1. The summed E-state index contributed by atoms with van der Waals surface area (Å²) < 4.78 is 0. The van der Waals surface area contributed by atoms with E-state index in [9.17, 15) is 5.11 Å². The van der Waals surface area contributed by atoms with Gasteiger partial charge >= 0.3 is 0 Å². The summed E-state index contributed by atoms with van der Waals surface area (Å²) in [4.78, 5) is 0. The van der Waals surface area contributed by atoms with Crippen molar-refractivity contribution >= 4 is 11.3 Å². The van der Waals surface area contributed by atoms with Crippen LogP contribution in [0.25, 0.3) is 0 Å². The molecule has 0 aliphatic heterocycles. The lowest BCUT2D eigenvalue weighted by Crippen LogP contribution is -2.38. The third-order valence-electron chi connectivity index (χ3n) is 4.49. The summed E-state index contributed by atoms with van der Waals surface area (Å²) in [6.45, 7) is 0. The van der Waals surface area contributed by atoms with E-state index in [-0.39, 0.29) is 11.5 Å². The Bertz CT molecular complexity index is 497. The Hall–Kier alpha value is -1.12. The molecule has 1 aromatic heterocycles. The number of thiophene rings is 1. The molecule has 3 rings (SSSR count). The number of rotatable bonds is 4. The molecule has 1 N–H and O–H groups in total. The van der Waals surface area contributed by atoms with Gasteiger partial charge in [0.2, 0.25) is 0 Å². The Balaban J connectivity index is 1.88. The van der Waals surface area contributed by atoms with Gasteiger partial charge in [-0.05, 0) is 40.8 Å². The lowest BCUT2D eigenvalue weighted by Gasteiger charge is -2.35. The lowest BCUT2D eigenvalue weighted by atomic mass is 9.72. The fourth-order valence-corrected chi connectivity index (χ4v) is 4.10. The van der Waals surface area contributed by atoms with Gasteiger partial charge in [-0.15, -0.1) is 0 Å². The van der Waals surface area contributed by atoms with Crippen molar-refractivity contribution in [3.8, 4) is 0 Å². The fraction of sp³-hybridized carbons (Fsp3) is 0.412. The first-order chi connectivity index (χ1) is 9.31. The smallest absolute Gasteiger partial charge is 0.0677 e. The van der Waals surface area contributed by atoms with Gasteiger partial charge in [-0.2, -0.15) is 11.3 Å². The molecule has 1 aliphatic rings. The molecule has 0 radical (unpaired) electrons. The molecule has 1 aliphatic carbocycles. The van der Waals surface area contributed by atoms with Crippen molar-refractivity contribution in [1.82, 2.24) is 0 Å². The van der Waals surface area contributed by atoms with Crippen LogP contribution in [0, 0.1) is 0 Å². The Labute approximate surface area is 118 Å². The Kier molecular flexibility index (Phi) is 3.72. The van der Waals surface area contributed by atoms with Crippen LogP contribution in [0.1, 0.15) is 36.8 Å². The number of benzene rings is 1. The van der Waals surface area contributed by atoms with Gasteiger partial charge in [0, 0.05) is 11.8 Å². The van der Waals surface area contributed by atoms with Crippen molar-refractivity contribution in [3.63, 3.8) is 0 Å². The third kappa shape index (κ3) is 2.47. The molecule has 0 spiro atoms. The quantitative estimate of drug-likeness (QED) is 0.886. The molecule has 100 valence electrons. The van der Waals surface area contributed by atoms with Crippen LogP contribution in [0.4, 0.5) is 0 Å². The van der Waals surface area contributed by atoms with Crippen molar-refractivity contribution in [2.45, 2.75) is 43.6 Å². The van der Waals surface area contributed by atoms with Crippen LogP contribution < -0.4 is 0 Å². The van der Waals surface area contributed by atoms with Gasteiger partial charge in [0.15, 0.2) is 0 Å². The largest absolute Gasteiger partial charge is 0.392 e. The zero-order valence-corrected chi connectivity index (χ0v) is 11.9. The summed E-state index contributed by atoms with van der Waals surface area (Å²) >= 11 is 1.71. The molecule has 1 heterocycles. The minimum Gasteiger partial charge on any atom is -0.392 e. The molecule has 0 saturated heterocycles. The second-order valence-electron chi connectivity index (χ2n) is 5.58. The van der Waals surface area contributed by atoms with Crippen molar-refractivity contribution in [1.29, 1.82) is 0 Å². The lowest BCUT2D eigenvalue weighted by molar-refractivity contribution is 0.0826. The molecule has 1 unspecified atom stereocenters. The summed E-state index contributed by atoms with van der Waals surface area (Å²) in [5.41, 5.74) is 2.55. The SMILES string of the molecule is OC(Cc1ccsc1)C1(c2ccccc2)CCCC1. The van der Waals surface area contributed by atoms with Crippen LogP contribution in [0.15, 0.2) is 47.2 Å². The van der Waals surface area contributed by atoms with Crippen molar-refractivity contribution in [2.75, 3.05) is 0 Å². The van der Waals surface area contributed by atoms with Gasteiger partial charge in [0.05, 0.1) is 6.10 Å². The predicted molar refractivity (Wildman–Crippen MR) is 80.6 cm³/mol. The monoisotopic (exact) mass is 272 g/mol. The molecule has 1 aromatic carbocycles. The van der Waals surface area contributed by atoms with Gasteiger partial charge in [0.1, 0.15) is 0 Å². The van der Waals surface area contributed by atoms with Crippen LogP contribution in [0.2, 0.25) is 0 Å². The van der Waals surface area contributed by atoms with Crippen LogP contribution in [-0.4, -0.2) is 11.2 Å². The summed E-state index contributed by atoms with van der Waals surface area (Å²) in [6.07, 6.45) is 5.20. The molecule has 0 bridgehead atoms. The maximum absolute atomic E-state index is 10.8. The van der Waals surface area contributed by atoms with Gasteiger partial charge in [-0.25, -0.2) is 0 Å². The number of aliphatic hydroxyl groups is 1. The van der Waals surface area contributed by atoms with Gasteiger partial charge in [-0.1, -0.05) is 43.2 Å². The van der Waals surface area contributed by atoms with Crippen molar-refractivity contribution in [3.05, 3.63) is 58.3 Å². The summed E-state index contributed by atoms with van der Waals surface area (Å²) in [7, 11) is 0. The molecule has 1 fully saturated rings. The highest BCUT2D eigenvalue weighted by Crippen LogP contribution is 2.44. The van der Waals surface area contributed by atoms with E-state index >= 15 is 0 Å². The summed E-state index contributed by atoms with van der Waals surface area (Å²) in [6, 6.07) is 12.7. The van der Waals surface area contributed by atoms with E-state index in [1.807, 2.05) is 0 Å². The number of hydrogen-bond acceptors (Lipinski definition) is 2. The van der Waals surface area contributed by atoms with E-state index in [0.29, 0.717) is 0 Å². The number of hydrogen-bond donors (Lipinski definition) is 1. The zero-order valence-electron chi connectivity index (χ0n) is 11.1. The molecule has 2 heteroatoms. The van der Waals surface area contributed by atoms with Crippen LogP contribution in [-0.2, 0) is 11.8 Å². The Morgan fingerprint density at radius 2 is 1.84 bits per heavy atom. The standard InChI is InChI=1S/C17H20OS/c18-16(12-14-8-11-19-13-14)17(9-4-5-10-17)15-6-2-1-3-7-15/h1-3,6-8,11,13,16,18H,4-5,9-10,12H2.